The first-order chi connectivity index (χ1) is 17.0. The number of H-pyrrole nitrogens is 1. The lowest BCUT2D eigenvalue weighted by Crippen LogP contribution is -2.66. The van der Waals surface area contributed by atoms with Gasteiger partial charge in [-0.15, -0.1) is 0 Å². The molecule has 0 radical (unpaired) electrons. The smallest absolute Gasteiger partial charge is 0.335 e. The summed E-state index contributed by atoms with van der Waals surface area (Å²) in [7, 11) is -7.96. The summed E-state index contributed by atoms with van der Waals surface area (Å²) in [6.07, 6.45) is 0.117. The van der Waals surface area contributed by atoms with E-state index >= 15 is 0 Å². The summed E-state index contributed by atoms with van der Waals surface area (Å²) in [4.78, 5) is 27.6. The fourth-order valence-electron chi connectivity index (χ4n) is 6.73. The highest BCUT2D eigenvalue weighted by atomic mass is 28.5. The first kappa shape index (κ1) is 29.1. The van der Waals surface area contributed by atoms with Crippen LogP contribution in [0, 0.1) is 0 Å². The minimum absolute atomic E-state index is 0.0854. The number of hydrogen-bond donors (Lipinski definition) is 1. The molecule has 0 saturated carbocycles. The summed E-state index contributed by atoms with van der Waals surface area (Å²) in [6.45, 7) is 24.2. The monoisotopic (exact) mass is 570 g/mol. The lowest BCUT2D eigenvalue weighted by molar-refractivity contribution is -0.131. The minimum Gasteiger partial charge on any atom is -0.414 e. The summed E-state index contributed by atoms with van der Waals surface area (Å²) in [5.74, 6) is 0. The topological polar surface area (TPSA) is 101 Å². The van der Waals surface area contributed by atoms with Gasteiger partial charge in [-0.25, -0.2) is 4.79 Å². The second-order valence-electron chi connectivity index (χ2n) is 12.8. The molecule has 12 heteroatoms. The number of hydrogen-bond acceptors (Lipinski definition) is 7. The van der Waals surface area contributed by atoms with Crippen LogP contribution in [0.1, 0.15) is 62.3 Å². The van der Waals surface area contributed by atoms with E-state index in [2.05, 4.69) is 80.4 Å². The molecule has 37 heavy (non-hydrogen) atoms. The minimum atomic E-state index is -2.90. The Balaban J connectivity index is 1.92. The first-order valence-electron chi connectivity index (χ1n) is 13.7. The molecule has 210 valence electrons. The predicted molar refractivity (Wildman–Crippen MR) is 150 cm³/mol. The van der Waals surface area contributed by atoms with Gasteiger partial charge in [0.05, 0.1) is 6.61 Å². The quantitative estimate of drug-likeness (QED) is 0.519. The molecule has 0 spiro atoms. The summed E-state index contributed by atoms with van der Waals surface area (Å²) < 4.78 is 36.9. The van der Waals surface area contributed by atoms with Crippen molar-refractivity contribution in [3.8, 4) is 0 Å². The Morgan fingerprint density at radius 1 is 0.946 bits per heavy atom. The van der Waals surface area contributed by atoms with Gasteiger partial charge >= 0.3 is 22.8 Å². The third-order valence-corrected chi connectivity index (χ3v) is 22.6. The van der Waals surface area contributed by atoms with Crippen LogP contribution in [0.15, 0.2) is 21.9 Å². The highest BCUT2D eigenvalue weighted by molar-refractivity contribution is 6.84. The molecular weight excluding hydrogens is 525 g/mol. The van der Waals surface area contributed by atoms with Gasteiger partial charge in [-0.05, 0) is 35.3 Å². The van der Waals surface area contributed by atoms with E-state index in [-0.39, 0.29) is 27.7 Å². The number of aromatic amines is 1. The third kappa shape index (κ3) is 4.26. The molecule has 3 saturated heterocycles. The van der Waals surface area contributed by atoms with Gasteiger partial charge in [0, 0.05) is 17.8 Å². The zero-order valence-corrected chi connectivity index (χ0v) is 27.3. The van der Waals surface area contributed by atoms with Gasteiger partial charge < -0.3 is 22.1 Å². The fourth-order valence-corrected chi connectivity index (χ4v) is 20.5. The molecule has 3 fully saturated rings. The van der Waals surface area contributed by atoms with Crippen LogP contribution in [0.25, 0.3) is 0 Å². The van der Waals surface area contributed by atoms with E-state index in [1.807, 2.05) is 0 Å². The van der Waals surface area contributed by atoms with Crippen molar-refractivity contribution in [2.24, 2.45) is 0 Å². The van der Waals surface area contributed by atoms with Crippen molar-refractivity contribution < 1.29 is 22.1 Å². The van der Waals surface area contributed by atoms with Crippen molar-refractivity contribution in [1.82, 2.24) is 9.55 Å². The zero-order chi connectivity index (χ0) is 27.7. The predicted octanol–water partition coefficient (Wildman–Crippen LogP) is 4.54. The number of ether oxygens (including phenoxy) is 1. The molecule has 3 aliphatic heterocycles. The number of aromatic nitrogens is 2. The standard InChI is InChI=1S/C25H46N2O7Si3/c1-15(2)36(16(3)4)30-14-20-22(32-37(34-36,17(5)6)18(7)8)23-25(31-20,19(9)35(10,11)33-23)27-13-12-21(28)26-24(27)29/h12-13,15-20,22-23H,14H2,1-11H3,(H,26,28,29)/t19-,20+,22+,23+,25+/m0/s1. The molecule has 0 unspecified atom stereocenters. The Morgan fingerprint density at radius 2 is 1.51 bits per heavy atom. The highest BCUT2D eigenvalue weighted by Gasteiger charge is 2.72. The van der Waals surface area contributed by atoms with Crippen LogP contribution in [0.4, 0.5) is 0 Å². The van der Waals surface area contributed by atoms with E-state index in [0.29, 0.717) is 6.61 Å². The van der Waals surface area contributed by atoms with Gasteiger partial charge in [-0.1, -0.05) is 62.3 Å². The maximum Gasteiger partial charge on any atom is 0.335 e. The van der Waals surface area contributed by atoms with Crippen molar-refractivity contribution in [2.45, 2.75) is 127 Å². The number of fused-ring (bicyclic) bond motifs is 3. The maximum atomic E-state index is 13.2. The van der Waals surface area contributed by atoms with Crippen LogP contribution >= 0.6 is 0 Å². The number of rotatable bonds is 5. The van der Waals surface area contributed by atoms with Gasteiger partial charge in [0.15, 0.2) is 14.0 Å². The molecule has 4 heterocycles. The van der Waals surface area contributed by atoms with Crippen molar-refractivity contribution in [3.05, 3.63) is 33.1 Å². The van der Waals surface area contributed by atoms with E-state index in [4.69, 9.17) is 22.1 Å². The lowest BCUT2D eigenvalue weighted by atomic mass is 9.99. The van der Waals surface area contributed by atoms with Crippen LogP contribution in [-0.2, 0) is 27.9 Å². The van der Waals surface area contributed by atoms with E-state index in [9.17, 15) is 9.59 Å². The lowest BCUT2D eigenvalue weighted by Gasteiger charge is -2.51. The molecule has 0 aromatic carbocycles. The Hall–Kier alpha value is -0.869. The second-order valence-corrected chi connectivity index (χ2v) is 26.0. The van der Waals surface area contributed by atoms with Gasteiger partial charge in [0.1, 0.15) is 18.3 Å². The third-order valence-electron chi connectivity index (χ3n) is 9.04. The number of nitrogens with one attached hydrogen (secondary N) is 1. The molecule has 9 nitrogen and oxygen atoms in total. The zero-order valence-electron chi connectivity index (χ0n) is 24.3. The Morgan fingerprint density at radius 3 is 2.03 bits per heavy atom. The molecule has 1 aromatic rings. The Bertz CT molecular complexity index is 1100. The highest BCUT2D eigenvalue weighted by Crippen LogP contribution is 2.58. The van der Waals surface area contributed by atoms with E-state index in [1.54, 1.807) is 0 Å². The number of nitrogens with zero attached hydrogens (tertiary/aromatic N) is 1. The average Bonchev–Trinajstić information content (AvgIpc) is 3.15. The van der Waals surface area contributed by atoms with Gasteiger partial charge in [-0.3, -0.25) is 14.3 Å². The van der Waals surface area contributed by atoms with Crippen molar-refractivity contribution in [2.75, 3.05) is 6.61 Å². The SMILES string of the molecule is CC(C)[Si]1(C(C)C)OC[C@H]2O[C@@]3(n4ccc(=O)[nH]c4=O)[C@H](O[Si](C)(C)[C@H]3C)[C@@H]2O[Si](C(C)C)(C(C)C)O1. The van der Waals surface area contributed by atoms with E-state index in [0.717, 1.165) is 0 Å². The molecule has 0 amide bonds. The van der Waals surface area contributed by atoms with E-state index in [1.165, 1.54) is 16.8 Å². The van der Waals surface area contributed by atoms with Gasteiger partial charge in [0.25, 0.3) is 5.56 Å². The van der Waals surface area contributed by atoms with Gasteiger partial charge in [0.2, 0.25) is 0 Å². The Kier molecular flexibility index (Phi) is 7.59. The van der Waals surface area contributed by atoms with Crippen LogP contribution in [0.2, 0.25) is 40.8 Å². The molecule has 0 bridgehead atoms. The first-order valence-corrected chi connectivity index (χ1v) is 20.7. The second kappa shape index (κ2) is 9.65. The molecule has 4 rings (SSSR count). The molecule has 1 aromatic heterocycles. The molecular formula is C25H46N2O7Si3. The largest absolute Gasteiger partial charge is 0.414 e. The summed E-state index contributed by atoms with van der Waals surface area (Å²) in [5, 5.41) is 0. The molecule has 1 N–H and O–H groups in total. The summed E-state index contributed by atoms with van der Waals surface area (Å²) >= 11 is 0. The van der Waals surface area contributed by atoms with Crippen molar-refractivity contribution in [1.29, 1.82) is 0 Å². The van der Waals surface area contributed by atoms with Crippen LogP contribution < -0.4 is 11.2 Å². The van der Waals surface area contributed by atoms with Crippen LogP contribution in [0.5, 0.6) is 0 Å². The average molecular weight is 571 g/mol. The molecule has 0 aliphatic carbocycles. The van der Waals surface area contributed by atoms with Gasteiger partial charge in [-0.2, -0.15) is 0 Å². The summed E-state index contributed by atoms with van der Waals surface area (Å²) in [5.41, 5.74) is -1.37. The molecule has 3 aliphatic rings. The fraction of sp³-hybridized carbons (Fsp3) is 0.840. The van der Waals surface area contributed by atoms with Crippen molar-refractivity contribution in [3.63, 3.8) is 0 Å². The summed E-state index contributed by atoms with van der Waals surface area (Å²) in [6, 6.07) is 1.37. The van der Waals surface area contributed by atoms with E-state index < -0.39 is 60.7 Å². The maximum absolute atomic E-state index is 13.2. The van der Waals surface area contributed by atoms with Crippen LogP contribution in [-0.4, -0.2) is 59.9 Å². The van der Waals surface area contributed by atoms with Crippen LogP contribution in [0.3, 0.4) is 0 Å². The van der Waals surface area contributed by atoms with Crippen molar-refractivity contribution >= 4 is 25.4 Å². The normalized spacial score (nSPS) is 34.6. The molecule has 5 atom stereocenters. The Labute approximate surface area is 223 Å².